The standard InChI is InChI=1S/C22H18ClN3OS4/c1-12-10-29-20(25-12)19-13(2)18(21(28-3)31-19)16-8-9-24-22(26-16)30-11-17(27)14-4-6-15(23)7-5-14/h4-10H,11H2,1-3H3. The molecule has 0 amide bonds. The average Bonchev–Trinajstić information content (AvgIpc) is 3.35. The molecule has 0 atom stereocenters. The summed E-state index contributed by atoms with van der Waals surface area (Å²) in [7, 11) is 0. The third kappa shape index (κ3) is 5.04. The number of benzene rings is 1. The molecular weight excluding hydrogens is 486 g/mol. The van der Waals surface area contributed by atoms with Crippen LogP contribution in [0.5, 0.6) is 0 Å². The molecule has 0 aliphatic carbocycles. The van der Waals surface area contributed by atoms with Crippen LogP contribution in [0.15, 0.2) is 51.3 Å². The van der Waals surface area contributed by atoms with E-state index in [0.29, 0.717) is 15.7 Å². The Bertz CT molecular complexity index is 1230. The van der Waals surface area contributed by atoms with Crippen molar-refractivity contribution in [3.05, 3.63) is 63.8 Å². The van der Waals surface area contributed by atoms with E-state index >= 15 is 0 Å². The highest BCUT2D eigenvalue weighted by Crippen LogP contribution is 2.46. The normalized spacial score (nSPS) is 11.1. The molecular formula is C22H18ClN3OS4. The van der Waals surface area contributed by atoms with Crippen molar-refractivity contribution in [1.82, 2.24) is 15.0 Å². The van der Waals surface area contributed by atoms with Crippen LogP contribution in [-0.4, -0.2) is 32.7 Å². The van der Waals surface area contributed by atoms with E-state index in [1.54, 1.807) is 64.9 Å². The summed E-state index contributed by atoms with van der Waals surface area (Å²) in [5.74, 6) is 0.292. The molecule has 0 fully saturated rings. The molecule has 4 aromatic rings. The van der Waals surface area contributed by atoms with Crippen LogP contribution in [0, 0.1) is 13.8 Å². The number of carbonyl (C=O) groups is 1. The maximum absolute atomic E-state index is 12.5. The van der Waals surface area contributed by atoms with Gasteiger partial charge < -0.3 is 0 Å². The molecule has 0 radical (unpaired) electrons. The van der Waals surface area contributed by atoms with Gasteiger partial charge in [0.05, 0.1) is 20.5 Å². The van der Waals surface area contributed by atoms with Crippen molar-refractivity contribution in [2.24, 2.45) is 0 Å². The number of thiazole rings is 1. The van der Waals surface area contributed by atoms with Crippen molar-refractivity contribution >= 4 is 63.6 Å². The van der Waals surface area contributed by atoms with Crippen LogP contribution < -0.4 is 0 Å². The maximum Gasteiger partial charge on any atom is 0.188 e. The molecule has 0 saturated carbocycles. The second-order valence-corrected chi connectivity index (χ2v) is 11.0. The molecule has 9 heteroatoms. The Hall–Kier alpha value is -1.71. The monoisotopic (exact) mass is 503 g/mol. The first-order valence-corrected chi connectivity index (χ1v) is 13.6. The van der Waals surface area contributed by atoms with E-state index < -0.39 is 0 Å². The predicted molar refractivity (Wildman–Crippen MR) is 134 cm³/mol. The molecule has 3 aromatic heterocycles. The number of rotatable bonds is 7. The Morgan fingerprint density at radius 1 is 1.13 bits per heavy atom. The van der Waals surface area contributed by atoms with E-state index in [9.17, 15) is 4.79 Å². The SMILES string of the molecule is CSc1sc(-c2nc(C)cs2)c(C)c1-c1ccnc(SCC(=O)c2ccc(Cl)cc2)n1. The number of Topliss-reactive ketones (excluding diaryl/α,β-unsaturated/α-hetero) is 1. The molecule has 0 N–H and O–H groups in total. The van der Waals surface area contributed by atoms with Gasteiger partial charge in [-0.3, -0.25) is 4.79 Å². The van der Waals surface area contributed by atoms with Crippen molar-refractivity contribution in [3.63, 3.8) is 0 Å². The number of aromatic nitrogens is 3. The number of halogens is 1. The lowest BCUT2D eigenvalue weighted by Crippen LogP contribution is -2.03. The Balaban J connectivity index is 1.59. The lowest BCUT2D eigenvalue weighted by atomic mass is 10.1. The van der Waals surface area contributed by atoms with E-state index in [2.05, 4.69) is 28.5 Å². The van der Waals surface area contributed by atoms with E-state index in [-0.39, 0.29) is 11.5 Å². The molecule has 158 valence electrons. The lowest BCUT2D eigenvalue weighted by Gasteiger charge is -2.06. The van der Waals surface area contributed by atoms with Crippen molar-refractivity contribution in [2.75, 3.05) is 12.0 Å². The number of hydrogen-bond donors (Lipinski definition) is 0. The van der Waals surface area contributed by atoms with Gasteiger partial charge in [0.1, 0.15) is 5.01 Å². The second-order valence-electron chi connectivity index (χ2n) is 6.66. The molecule has 3 heterocycles. The number of thiophene rings is 1. The summed E-state index contributed by atoms with van der Waals surface area (Å²) in [6, 6.07) is 8.85. The fourth-order valence-electron chi connectivity index (χ4n) is 2.99. The number of carbonyl (C=O) groups excluding carboxylic acids is 1. The van der Waals surface area contributed by atoms with Gasteiger partial charge in [-0.2, -0.15) is 0 Å². The van der Waals surface area contributed by atoms with Gasteiger partial charge in [-0.1, -0.05) is 23.4 Å². The van der Waals surface area contributed by atoms with E-state index in [1.807, 2.05) is 13.0 Å². The quantitative estimate of drug-likeness (QED) is 0.150. The first-order valence-electron chi connectivity index (χ1n) is 9.31. The summed E-state index contributed by atoms with van der Waals surface area (Å²) in [6.45, 7) is 4.13. The van der Waals surface area contributed by atoms with E-state index in [1.165, 1.54) is 26.4 Å². The fourth-order valence-corrected chi connectivity index (χ4v) is 6.88. The summed E-state index contributed by atoms with van der Waals surface area (Å²) in [6.07, 6.45) is 3.83. The minimum absolute atomic E-state index is 0.0219. The zero-order chi connectivity index (χ0) is 22.0. The number of nitrogens with zero attached hydrogens (tertiary/aromatic N) is 3. The van der Waals surface area contributed by atoms with Gasteiger partial charge in [0, 0.05) is 33.4 Å². The van der Waals surface area contributed by atoms with Crippen LogP contribution in [-0.2, 0) is 0 Å². The summed E-state index contributed by atoms with van der Waals surface area (Å²) in [5, 5.41) is 4.32. The first-order chi connectivity index (χ1) is 15.0. The van der Waals surface area contributed by atoms with E-state index in [0.717, 1.165) is 22.0 Å². The van der Waals surface area contributed by atoms with Crippen LogP contribution in [0.4, 0.5) is 0 Å². The average molecular weight is 504 g/mol. The van der Waals surface area contributed by atoms with Crippen molar-refractivity contribution in [1.29, 1.82) is 0 Å². The van der Waals surface area contributed by atoms with Crippen molar-refractivity contribution in [2.45, 2.75) is 23.2 Å². The molecule has 0 unspecified atom stereocenters. The minimum atomic E-state index is 0.0219. The summed E-state index contributed by atoms with van der Waals surface area (Å²) < 4.78 is 1.20. The molecule has 0 bridgehead atoms. The third-order valence-corrected chi connectivity index (χ3v) is 9.14. The molecule has 4 nitrogen and oxygen atoms in total. The van der Waals surface area contributed by atoms with Gasteiger partial charge in [-0.15, -0.1) is 34.4 Å². The second kappa shape index (κ2) is 9.83. The molecule has 0 aliphatic heterocycles. The van der Waals surface area contributed by atoms with Gasteiger partial charge >= 0.3 is 0 Å². The molecule has 0 saturated heterocycles. The van der Waals surface area contributed by atoms with Crippen LogP contribution in [0.3, 0.4) is 0 Å². The van der Waals surface area contributed by atoms with Gasteiger partial charge in [-0.25, -0.2) is 15.0 Å². The Kier molecular flexibility index (Phi) is 7.13. The molecule has 0 aliphatic rings. The molecule has 0 spiro atoms. The first kappa shape index (κ1) is 22.5. The number of hydrogen-bond acceptors (Lipinski definition) is 8. The molecule has 4 rings (SSSR count). The van der Waals surface area contributed by atoms with Gasteiger partial charge in [0.25, 0.3) is 0 Å². The Morgan fingerprint density at radius 3 is 2.58 bits per heavy atom. The third-order valence-electron chi connectivity index (χ3n) is 4.50. The zero-order valence-electron chi connectivity index (χ0n) is 17.0. The van der Waals surface area contributed by atoms with Crippen molar-refractivity contribution in [3.8, 4) is 21.1 Å². The van der Waals surface area contributed by atoms with Crippen LogP contribution in [0.25, 0.3) is 21.1 Å². The Morgan fingerprint density at radius 2 is 1.90 bits per heavy atom. The smallest absolute Gasteiger partial charge is 0.188 e. The van der Waals surface area contributed by atoms with Gasteiger partial charge in [0.15, 0.2) is 10.9 Å². The maximum atomic E-state index is 12.5. The Labute approximate surface area is 202 Å². The van der Waals surface area contributed by atoms with Gasteiger partial charge in [-0.05, 0) is 56.0 Å². The summed E-state index contributed by atoms with van der Waals surface area (Å²) in [5.41, 5.74) is 4.83. The zero-order valence-corrected chi connectivity index (χ0v) is 21.0. The van der Waals surface area contributed by atoms with Crippen LogP contribution in [0.2, 0.25) is 5.02 Å². The van der Waals surface area contributed by atoms with Crippen molar-refractivity contribution < 1.29 is 4.79 Å². The fraction of sp³-hybridized carbons (Fsp3) is 0.182. The number of aryl methyl sites for hydroxylation is 1. The largest absolute Gasteiger partial charge is 0.293 e. The topological polar surface area (TPSA) is 55.7 Å². The van der Waals surface area contributed by atoms with Crippen LogP contribution in [0.1, 0.15) is 21.6 Å². The van der Waals surface area contributed by atoms with Crippen LogP contribution >= 0.6 is 57.8 Å². The highest BCUT2D eigenvalue weighted by Gasteiger charge is 2.20. The molecule has 1 aromatic carbocycles. The summed E-state index contributed by atoms with van der Waals surface area (Å²) >= 11 is 12.4. The minimum Gasteiger partial charge on any atom is -0.293 e. The molecule has 31 heavy (non-hydrogen) atoms. The lowest BCUT2D eigenvalue weighted by molar-refractivity contribution is 0.102. The van der Waals surface area contributed by atoms with Gasteiger partial charge in [0.2, 0.25) is 0 Å². The number of ketones is 1. The summed E-state index contributed by atoms with van der Waals surface area (Å²) in [4.78, 5) is 27.4. The number of thioether (sulfide) groups is 2. The highest BCUT2D eigenvalue weighted by molar-refractivity contribution is 8.00. The van der Waals surface area contributed by atoms with E-state index in [4.69, 9.17) is 16.6 Å². The predicted octanol–water partition coefficient (Wildman–Crippen LogP) is 7.30. The highest BCUT2D eigenvalue weighted by atomic mass is 35.5.